The van der Waals surface area contributed by atoms with Crippen LogP contribution in [0.4, 0.5) is 4.39 Å². The zero-order chi connectivity index (χ0) is 14.1. The van der Waals surface area contributed by atoms with Crippen LogP contribution in [-0.2, 0) is 0 Å². The summed E-state index contributed by atoms with van der Waals surface area (Å²) in [6.45, 7) is 0. The Morgan fingerprint density at radius 3 is 2.20 bits per heavy atom. The molecule has 100 valence electrons. The van der Waals surface area contributed by atoms with Crippen LogP contribution in [0.15, 0.2) is 65.1 Å². The molecule has 0 aliphatic rings. The summed E-state index contributed by atoms with van der Waals surface area (Å²) < 4.78 is 14.9. The monoisotopic (exact) mass is 329 g/mol. The van der Waals surface area contributed by atoms with Gasteiger partial charge in [0, 0.05) is 10.0 Å². The van der Waals surface area contributed by atoms with Crippen molar-refractivity contribution in [3.05, 3.63) is 82.1 Å². The molecule has 0 aliphatic heterocycles. The van der Waals surface area contributed by atoms with Gasteiger partial charge < -0.3 is 5.73 Å². The van der Waals surface area contributed by atoms with Crippen LogP contribution >= 0.6 is 15.9 Å². The molecule has 1 unspecified atom stereocenters. The number of hydrogen-bond donors (Lipinski definition) is 1. The van der Waals surface area contributed by atoms with Crippen molar-refractivity contribution in [2.45, 2.75) is 6.04 Å². The molecule has 3 rings (SSSR count). The molecule has 0 amide bonds. The highest BCUT2D eigenvalue weighted by atomic mass is 79.9. The van der Waals surface area contributed by atoms with Crippen LogP contribution in [0.5, 0.6) is 0 Å². The van der Waals surface area contributed by atoms with Crippen LogP contribution in [0.2, 0.25) is 0 Å². The molecule has 1 nitrogen and oxygen atoms in total. The van der Waals surface area contributed by atoms with Crippen molar-refractivity contribution in [2.75, 3.05) is 0 Å². The average Bonchev–Trinajstić information content (AvgIpc) is 2.48. The maximum absolute atomic E-state index is 13.9. The molecule has 0 bridgehead atoms. The van der Waals surface area contributed by atoms with Gasteiger partial charge in [0.15, 0.2) is 0 Å². The van der Waals surface area contributed by atoms with Gasteiger partial charge in [-0.1, -0.05) is 64.5 Å². The number of hydrogen-bond acceptors (Lipinski definition) is 1. The van der Waals surface area contributed by atoms with Gasteiger partial charge in [-0.3, -0.25) is 0 Å². The van der Waals surface area contributed by atoms with E-state index in [-0.39, 0.29) is 5.82 Å². The molecule has 0 saturated heterocycles. The van der Waals surface area contributed by atoms with E-state index in [2.05, 4.69) is 15.9 Å². The molecular weight excluding hydrogens is 317 g/mol. The van der Waals surface area contributed by atoms with Gasteiger partial charge in [-0.2, -0.15) is 0 Å². The van der Waals surface area contributed by atoms with Gasteiger partial charge in [-0.05, 0) is 28.5 Å². The Balaban J connectivity index is 2.20. The molecule has 0 radical (unpaired) electrons. The zero-order valence-electron chi connectivity index (χ0n) is 10.7. The number of rotatable bonds is 2. The van der Waals surface area contributed by atoms with E-state index in [1.54, 1.807) is 18.2 Å². The Morgan fingerprint density at radius 2 is 1.45 bits per heavy atom. The van der Waals surface area contributed by atoms with Crippen molar-refractivity contribution in [2.24, 2.45) is 5.73 Å². The summed E-state index contributed by atoms with van der Waals surface area (Å²) in [5, 5.41) is 2.12. The first-order valence-corrected chi connectivity index (χ1v) is 7.15. The molecule has 0 saturated carbocycles. The third-order valence-electron chi connectivity index (χ3n) is 3.48. The second-order valence-electron chi connectivity index (χ2n) is 4.68. The average molecular weight is 330 g/mol. The molecule has 0 aliphatic carbocycles. The van der Waals surface area contributed by atoms with Gasteiger partial charge in [0.25, 0.3) is 0 Å². The van der Waals surface area contributed by atoms with Crippen LogP contribution in [0.1, 0.15) is 17.2 Å². The van der Waals surface area contributed by atoms with Crippen LogP contribution in [0, 0.1) is 5.82 Å². The summed E-state index contributed by atoms with van der Waals surface area (Å²) >= 11 is 3.54. The third kappa shape index (κ3) is 2.23. The second-order valence-corrected chi connectivity index (χ2v) is 5.54. The van der Waals surface area contributed by atoms with Crippen LogP contribution in [0.3, 0.4) is 0 Å². The van der Waals surface area contributed by atoms with Crippen LogP contribution < -0.4 is 5.73 Å². The van der Waals surface area contributed by atoms with Gasteiger partial charge in [0.2, 0.25) is 0 Å². The van der Waals surface area contributed by atoms with Crippen molar-refractivity contribution in [3.8, 4) is 0 Å². The maximum atomic E-state index is 13.9. The molecule has 20 heavy (non-hydrogen) atoms. The summed E-state index contributed by atoms with van der Waals surface area (Å²) in [6, 6.07) is 18.1. The maximum Gasteiger partial charge on any atom is 0.128 e. The fraction of sp³-hybridized carbons (Fsp3) is 0.0588. The highest BCUT2D eigenvalue weighted by Crippen LogP contribution is 2.32. The van der Waals surface area contributed by atoms with Crippen molar-refractivity contribution in [1.82, 2.24) is 0 Å². The summed E-state index contributed by atoms with van der Waals surface area (Å²) in [4.78, 5) is 0. The minimum Gasteiger partial charge on any atom is -0.320 e. The standard InChI is InChI=1S/C17H13BrFN/c18-15-10-9-13(11-5-1-2-6-12(11)15)17(20)14-7-3-4-8-16(14)19/h1-10,17H,20H2. The minimum atomic E-state index is -0.478. The smallest absolute Gasteiger partial charge is 0.128 e. The topological polar surface area (TPSA) is 26.0 Å². The second kappa shape index (κ2) is 5.35. The lowest BCUT2D eigenvalue weighted by Crippen LogP contribution is -2.14. The predicted octanol–water partition coefficient (Wildman–Crippen LogP) is 4.79. The van der Waals surface area contributed by atoms with Gasteiger partial charge in [-0.25, -0.2) is 4.39 Å². The van der Waals surface area contributed by atoms with E-state index < -0.39 is 6.04 Å². The van der Waals surface area contributed by atoms with E-state index >= 15 is 0 Å². The molecule has 3 heteroatoms. The lowest BCUT2D eigenvalue weighted by molar-refractivity contribution is 0.600. The number of fused-ring (bicyclic) bond motifs is 1. The summed E-state index contributed by atoms with van der Waals surface area (Å²) in [5.74, 6) is -0.271. The molecule has 0 fully saturated rings. The lowest BCUT2D eigenvalue weighted by Gasteiger charge is -2.16. The molecule has 0 spiro atoms. The van der Waals surface area contributed by atoms with Gasteiger partial charge in [0.05, 0.1) is 6.04 Å². The van der Waals surface area contributed by atoms with Gasteiger partial charge in [-0.15, -0.1) is 0 Å². The Morgan fingerprint density at radius 1 is 0.800 bits per heavy atom. The molecule has 3 aromatic rings. The molecular formula is C17H13BrFN. The van der Waals surface area contributed by atoms with E-state index in [0.717, 1.165) is 20.8 Å². The van der Waals surface area contributed by atoms with Crippen molar-refractivity contribution < 1.29 is 4.39 Å². The molecule has 0 aromatic heterocycles. The molecule has 1 atom stereocenters. The molecule has 3 aromatic carbocycles. The van der Waals surface area contributed by atoms with E-state index in [0.29, 0.717) is 5.56 Å². The Hall–Kier alpha value is -1.71. The quantitative estimate of drug-likeness (QED) is 0.718. The minimum absolute atomic E-state index is 0.271. The number of benzene rings is 3. The van der Waals surface area contributed by atoms with E-state index in [9.17, 15) is 4.39 Å². The summed E-state index contributed by atoms with van der Waals surface area (Å²) in [5.41, 5.74) is 7.72. The zero-order valence-corrected chi connectivity index (χ0v) is 12.3. The highest BCUT2D eigenvalue weighted by Gasteiger charge is 2.16. The summed E-state index contributed by atoms with van der Waals surface area (Å²) in [6.07, 6.45) is 0. The first-order chi connectivity index (χ1) is 9.68. The Labute approximate surface area is 125 Å². The number of halogens is 2. The summed E-state index contributed by atoms with van der Waals surface area (Å²) in [7, 11) is 0. The van der Waals surface area contributed by atoms with Gasteiger partial charge in [0.1, 0.15) is 5.82 Å². The molecule has 0 heterocycles. The highest BCUT2D eigenvalue weighted by molar-refractivity contribution is 9.10. The SMILES string of the molecule is NC(c1ccccc1F)c1ccc(Br)c2ccccc12. The van der Waals surface area contributed by atoms with Crippen molar-refractivity contribution in [3.63, 3.8) is 0 Å². The van der Waals surface area contributed by atoms with E-state index in [4.69, 9.17) is 5.73 Å². The number of nitrogens with two attached hydrogens (primary N) is 1. The van der Waals surface area contributed by atoms with Crippen molar-refractivity contribution in [1.29, 1.82) is 0 Å². The van der Waals surface area contributed by atoms with E-state index in [1.165, 1.54) is 6.07 Å². The third-order valence-corrected chi connectivity index (χ3v) is 4.17. The first kappa shape index (κ1) is 13.3. The Kier molecular flexibility index (Phi) is 3.55. The van der Waals surface area contributed by atoms with Crippen LogP contribution in [-0.4, -0.2) is 0 Å². The first-order valence-electron chi connectivity index (χ1n) is 6.35. The fourth-order valence-corrected chi connectivity index (χ4v) is 2.93. The fourth-order valence-electron chi connectivity index (χ4n) is 2.45. The molecule has 2 N–H and O–H groups in total. The van der Waals surface area contributed by atoms with Crippen LogP contribution in [0.25, 0.3) is 10.8 Å². The van der Waals surface area contributed by atoms with Gasteiger partial charge >= 0.3 is 0 Å². The van der Waals surface area contributed by atoms with E-state index in [1.807, 2.05) is 36.4 Å². The normalized spacial score (nSPS) is 12.6. The van der Waals surface area contributed by atoms with Crippen molar-refractivity contribution >= 4 is 26.7 Å². The predicted molar refractivity (Wildman–Crippen MR) is 84.1 cm³/mol. The Bertz CT molecular complexity index is 770. The largest absolute Gasteiger partial charge is 0.320 e. The lowest BCUT2D eigenvalue weighted by atomic mass is 9.94.